The second kappa shape index (κ2) is 11.6. The van der Waals surface area contributed by atoms with E-state index < -0.39 is 0 Å². The summed E-state index contributed by atoms with van der Waals surface area (Å²) < 4.78 is 0. The maximum atomic E-state index is 9.34. The van der Waals surface area contributed by atoms with Crippen molar-refractivity contribution in [3.05, 3.63) is 99.5 Å². The molecule has 0 saturated carbocycles. The predicted molar refractivity (Wildman–Crippen MR) is 131 cm³/mol. The second-order valence-corrected chi connectivity index (χ2v) is 8.37. The molecular weight excluding hydrogens is 439 g/mol. The molecule has 1 heterocycles. The van der Waals surface area contributed by atoms with E-state index in [4.69, 9.17) is 28.5 Å². The van der Waals surface area contributed by atoms with Crippen LogP contribution in [0.5, 0.6) is 0 Å². The monoisotopic (exact) mass is 462 g/mol. The number of hydrogen-bond acceptors (Lipinski definition) is 4. The minimum Gasteiger partial charge on any atom is -0.368 e. The molecule has 1 atom stereocenters. The van der Waals surface area contributed by atoms with Gasteiger partial charge in [-0.2, -0.15) is 10.5 Å². The molecule has 0 N–H and O–H groups in total. The summed E-state index contributed by atoms with van der Waals surface area (Å²) in [5.74, 6) is 0. The summed E-state index contributed by atoms with van der Waals surface area (Å²) in [5, 5.41) is 19.6. The molecule has 0 aliphatic carbocycles. The molecule has 1 saturated heterocycles. The number of piperazine rings is 1. The molecule has 3 aromatic rings. The molecule has 3 aromatic carbocycles. The van der Waals surface area contributed by atoms with E-state index in [1.807, 2.05) is 66.7 Å². The first-order valence-electron chi connectivity index (χ1n) is 10.4. The summed E-state index contributed by atoms with van der Waals surface area (Å²) in [7, 11) is 0. The molecule has 6 heteroatoms. The van der Waals surface area contributed by atoms with Crippen LogP contribution in [0.3, 0.4) is 0 Å². The van der Waals surface area contributed by atoms with Crippen LogP contribution in [0.15, 0.2) is 72.8 Å². The van der Waals surface area contributed by atoms with Gasteiger partial charge in [0.2, 0.25) is 0 Å². The Bertz CT molecular complexity index is 1090. The Morgan fingerprint density at radius 2 is 1.44 bits per heavy atom. The van der Waals surface area contributed by atoms with Crippen LogP contribution in [0.4, 0.5) is 5.69 Å². The molecule has 1 unspecified atom stereocenters. The van der Waals surface area contributed by atoms with Crippen LogP contribution >= 0.6 is 23.2 Å². The SMILES string of the molecule is CC(c1ccc(C#N)cc1)N1CCN(c2ccc(Cl)cc2C#N)CC1.Clc1ccccc1. The number of nitrogens with zero attached hydrogens (tertiary/aromatic N) is 4. The lowest BCUT2D eigenvalue weighted by molar-refractivity contribution is 0.198. The number of nitriles is 2. The topological polar surface area (TPSA) is 54.1 Å². The van der Waals surface area contributed by atoms with E-state index in [0.29, 0.717) is 22.2 Å². The fourth-order valence-electron chi connectivity index (χ4n) is 3.69. The summed E-state index contributed by atoms with van der Waals surface area (Å²) >= 11 is 11.5. The number of halogens is 2. The Kier molecular flexibility index (Phi) is 8.54. The molecule has 0 spiro atoms. The van der Waals surface area contributed by atoms with E-state index >= 15 is 0 Å². The van der Waals surface area contributed by atoms with Crippen LogP contribution in [0.25, 0.3) is 0 Å². The quantitative estimate of drug-likeness (QED) is 0.457. The van der Waals surface area contributed by atoms with Crippen molar-refractivity contribution in [1.82, 2.24) is 4.90 Å². The summed E-state index contributed by atoms with van der Waals surface area (Å²) in [5.41, 5.74) is 3.49. The first-order chi connectivity index (χ1) is 15.5. The highest BCUT2D eigenvalue weighted by atomic mass is 35.5. The molecule has 32 heavy (non-hydrogen) atoms. The van der Waals surface area contributed by atoms with Crippen molar-refractivity contribution in [2.45, 2.75) is 13.0 Å². The van der Waals surface area contributed by atoms with E-state index in [1.165, 1.54) is 5.56 Å². The number of anilines is 1. The number of rotatable bonds is 3. The van der Waals surface area contributed by atoms with Crippen LogP contribution in [-0.2, 0) is 0 Å². The van der Waals surface area contributed by atoms with Crippen LogP contribution in [0.1, 0.15) is 29.7 Å². The van der Waals surface area contributed by atoms with Crippen LogP contribution in [0, 0.1) is 22.7 Å². The molecule has 1 aliphatic heterocycles. The molecule has 0 aromatic heterocycles. The Morgan fingerprint density at radius 3 is 1.97 bits per heavy atom. The number of hydrogen-bond donors (Lipinski definition) is 0. The predicted octanol–water partition coefficient (Wildman–Crippen LogP) is 6.31. The highest BCUT2D eigenvalue weighted by Gasteiger charge is 2.23. The third kappa shape index (κ3) is 6.25. The fourth-order valence-corrected chi connectivity index (χ4v) is 4.00. The van der Waals surface area contributed by atoms with Gasteiger partial charge in [-0.3, -0.25) is 4.90 Å². The van der Waals surface area contributed by atoms with Crippen LogP contribution in [0.2, 0.25) is 10.0 Å². The summed E-state index contributed by atoms with van der Waals surface area (Å²) in [6.07, 6.45) is 0. The molecular formula is C26H24Cl2N4. The average Bonchev–Trinajstić information content (AvgIpc) is 2.84. The Morgan fingerprint density at radius 1 is 0.781 bits per heavy atom. The van der Waals surface area contributed by atoms with E-state index in [0.717, 1.165) is 36.9 Å². The van der Waals surface area contributed by atoms with Gasteiger partial charge in [0.05, 0.1) is 22.9 Å². The first-order valence-corrected chi connectivity index (χ1v) is 11.2. The van der Waals surface area contributed by atoms with Gasteiger partial charge in [0.1, 0.15) is 6.07 Å². The van der Waals surface area contributed by atoms with Gasteiger partial charge >= 0.3 is 0 Å². The van der Waals surface area contributed by atoms with Crippen molar-refractivity contribution in [3.63, 3.8) is 0 Å². The van der Waals surface area contributed by atoms with Gasteiger partial charge in [-0.25, -0.2) is 0 Å². The van der Waals surface area contributed by atoms with Gasteiger partial charge in [0.25, 0.3) is 0 Å². The largest absolute Gasteiger partial charge is 0.368 e. The van der Waals surface area contributed by atoms with E-state index in [9.17, 15) is 5.26 Å². The maximum absolute atomic E-state index is 9.34. The molecule has 1 fully saturated rings. The zero-order valence-corrected chi connectivity index (χ0v) is 19.4. The molecule has 0 amide bonds. The molecule has 162 valence electrons. The van der Waals surface area contributed by atoms with Crippen molar-refractivity contribution in [1.29, 1.82) is 10.5 Å². The average molecular weight is 463 g/mol. The van der Waals surface area contributed by atoms with Gasteiger partial charge in [-0.1, -0.05) is 53.5 Å². The van der Waals surface area contributed by atoms with Crippen molar-refractivity contribution < 1.29 is 0 Å². The van der Waals surface area contributed by atoms with E-state index in [2.05, 4.69) is 28.9 Å². The molecule has 0 radical (unpaired) electrons. The number of benzene rings is 3. The maximum Gasteiger partial charge on any atom is 0.101 e. The van der Waals surface area contributed by atoms with Gasteiger partial charge in [0, 0.05) is 42.3 Å². The highest BCUT2D eigenvalue weighted by Crippen LogP contribution is 2.27. The lowest BCUT2D eigenvalue weighted by Crippen LogP contribution is -2.47. The zero-order chi connectivity index (χ0) is 22.9. The van der Waals surface area contributed by atoms with Gasteiger partial charge in [0.15, 0.2) is 0 Å². The Balaban J connectivity index is 0.000000352. The third-order valence-electron chi connectivity index (χ3n) is 5.54. The molecule has 4 rings (SSSR count). The van der Waals surface area contributed by atoms with Crippen molar-refractivity contribution in [2.75, 3.05) is 31.1 Å². The lowest BCUT2D eigenvalue weighted by atomic mass is 10.0. The highest BCUT2D eigenvalue weighted by molar-refractivity contribution is 6.31. The zero-order valence-electron chi connectivity index (χ0n) is 17.9. The summed E-state index contributed by atoms with van der Waals surface area (Å²) in [4.78, 5) is 4.68. The van der Waals surface area contributed by atoms with Gasteiger partial charge in [-0.05, 0) is 55.0 Å². The summed E-state index contributed by atoms with van der Waals surface area (Å²) in [6, 6.07) is 27.4. The minimum atomic E-state index is 0.301. The molecule has 0 bridgehead atoms. The minimum absolute atomic E-state index is 0.301. The second-order valence-electron chi connectivity index (χ2n) is 7.50. The van der Waals surface area contributed by atoms with Crippen LogP contribution in [-0.4, -0.2) is 31.1 Å². The lowest BCUT2D eigenvalue weighted by Gasteiger charge is -2.39. The van der Waals surface area contributed by atoms with Crippen molar-refractivity contribution in [3.8, 4) is 12.1 Å². The van der Waals surface area contributed by atoms with Gasteiger partial charge in [-0.15, -0.1) is 0 Å². The van der Waals surface area contributed by atoms with Crippen molar-refractivity contribution >= 4 is 28.9 Å². The molecule has 4 nitrogen and oxygen atoms in total. The first kappa shape index (κ1) is 23.6. The van der Waals surface area contributed by atoms with Gasteiger partial charge < -0.3 is 4.90 Å². The Hall–Kier alpha value is -3.02. The molecule has 1 aliphatic rings. The summed E-state index contributed by atoms with van der Waals surface area (Å²) in [6.45, 7) is 5.79. The third-order valence-corrected chi connectivity index (χ3v) is 6.02. The van der Waals surface area contributed by atoms with E-state index in [1.54, 1.807) is 6.07 Å². The van der Waals surface area contributed by atoms with Crippen LogP contribution < -0.4 is 4.90 Å². The standard InChI is InChI=1S/C20H19ClN4.C6H5Cl/c1-15(17-4-2-16(13-22)3-5-17)24-8-10-25(11-9-24)20-7-6-19(21)12-18(20)14-23;7-6-4-2-1-3-5-6/h2-7,12,15H,8-11H2,1H3;1-5H. The fraction of sp³-hybridized carbons (Fsp3) is 0.231. The Labute approximate surface area is 199 Å². The normalized spacial score (nSPS) is 14.5. The van der Waals surface area contributed by atoms with E-state index in [-0.39, 0.29) is 0 Å². The van der Waals surface area contributed by atoms with Crippen molar-refractivity contribution in [2.24, 2.45) is 0 Å². The smallest absolute Gasteiger partial charge is 0.101 e.